The zero-order chi connectivity index (χ0) is 16.0. The van der Waals surface area contributed by atoms with Crippen molar-refractivity contribution in [3.8, 4) is 0 Å². The number of nitrogens with zero attached hydrogens (tertiary/aromatic N) is 1. The van der Waals surface area contributed by atoms with Crippen LogP contribution in [0.2, 0.25) is 0 Å². The van der Waals surface area contributed by atoms with Crippen molar-refractivity contribution in [1.29, 1.82) is 0 Å². The lowest BCUT2D eigenvalue weighted by Gasteiger charge is -2.25. The molecule has 1 unspecified atom stereocenters. The Labute approximate surface area is 121 Å². The molecule has 0 aromatic heterocycles. The summed E-state index contributed by atoms with van der Waals surface area (Å²) in [5, 5.41) is 9.21. The highest BCUT2D eigenvalue weighted by Gasteiger charge is 2.42. The third-order valence-corrected chi connectivity index (χ3v) is 4.04. The molecule has 0 saturated heterocycles. The van der Waals surface area contributed by atoms with Crippen LogP contribution in [0, 0.1) is 5.41 Å². The number of anilines is 1. The van der Waals surface area contributed by atoms with Gasteiger partial charge in [0.05, 0.1) is 11.0 Å². The fourth-order valence-corrected chi connectivity index (χ4v) is 2.95. The van der Waals surface area contributed by atoms with Gasteiger partial charge in [0.25, 0.3) is 0 Å². The van der Waals surface area contributed by atoms with Gasteiger partial charge in [-0.15, -0.1) is 0 Å². The molecule has 0 saturated carbocycles. The molecule has 1 N–H and O–H groups in total. The molecule has 1 heterocycles. The minimum absolute atomic E-state index is 0.173. The Bertz CT molecular complexity index is 567. The van der Waals surface area contributed by atoms with Gasteiger partial charge in [-0.1, -0.05) is 6.07 Å². The van der Waals surface area contributed by atoms with Crippen molar-refractivity contribution in [2.75, 3.05) is 18.5 Å². The number of carboxylic acids is 1. The summed E-state index contributed by atoms with van der Waals surface area (Å²) in [7, 11) is 1.73. The maximum Gasteiger partial charge on any atom is 0.416 e. The predicted octanol–water partition coefficient (Wildman–Crippen LogP) is 3.74. The minimum Gasteiger partial charge on any atom is -0.481 e. The Morgan fingerprint density at radius 3 is 2.52 bits per heavy atom. The monoisotopic (exact) mass is 301 g/mol. The summed E-state index contributed by atoms with van der Waals surface area (Å²) in [5.41, 5.74) is -0.959. The summed E-state index contributed by atoms with van der Waals surface area (Å²) in [6, 6.07) is 4.11. The highest BCUT2D eigenvalue weighted by molar-refractivity contribution is 5.74. The van der Waals surface area contributed by atoms with Crippen LogP contribution in [-0.2, 0) is 11.0 Å². The number of halogens is 3. The number of aliphatic carboxylic acids is 1. The van der Waals surface area contributed by atoms with Gasteiger partial charge in [-0.2, -0.15) is 13.2 Å². The van der Waals surface area contributed by atoms with Crippen LogP contribution in [0.1, 0.15) is 37.3 Å². The van der Waals surface area contributed by atoms with Crippen LogP contribution in [0.4, 0.5) is 18.9 Å². The molecule has 6 heteroatoms. The minimum atomic E-state index is -4.43. The van der Waals surface area contributed by atoms with E-state index in [0.717, 1.165) is 6.07 Å². The fraction of sp³-hybridized carbons (Fsp3) is 0.533. The quantitative estimate of drug-likeness (QED) is 0.924. The molecule has 1 aliphatic heterocycles. The average Bonchev–Trinajstić information content (AvgIpc) is 2.64. The molecule has 0 radical (unpaired) electrons. The first-order valence-electron chi connectivity index (χ1n) is 6.68. The second-order valence-corrected chi connectivity index (χ2v) is 6.21. The molecule has 1 aliphatic rings. The van der Waals surface area contributed by atoms with Gasteiger partial charge in [0.2, 0.25) is 0 Å². The molecule has 116 valence electrons. The summed E-state index contributed by atoms with van der Waals surface area (Å²) in [5.74, 6) is -1.43. The van der Waals surface area contributed by atoms with E-state index in [2.05, 4.69) is 0 Å². The topological polar surface area (TPSA) is 40.5 Å². The van der Waals surface area contributed by atoms with Crippen molar-refractivity contribution in [1.82, 2.24) is 0 Å². The maximum absolute atomic E-state index is 13.2. The second-order valence-electron chi connectivity index (χ2n) is 6.21. The highest BCUT2D eigenvalue weighted by Crippen LogP contribution is 2.47. The zero-order valence-electron chi connectivity index (χ0n) is 12.2. The number of benzene rings is 1. The molecule has 3 nitrogen and oxygen atoms in total. The average molecular weight is 301 g/mol. The third kappa shape index (κ3) is 2.84. The lowest BCUT2D eigenvalue weighted by Crippen LogP contribution is -2.28. The van der Waals surface area contributed by atoms with Gasteiger partial charge >= 0.3 is 12.1 Å². The van der Waals surface area contributed by atoms with E-state index in [-0.39, 0.29) is 12.0 Å². The SMILES string of the molecule is CN1CC(CC(C)(C)C(=O)O)c2c1cccc2C(F)(F)F. The molecule has 1 aromatic rings. The van der Waals surface area contributed by atoms with Crippen molar-refractivity contribution in [2.45, 2.75) is 32.4 Å². The van der Waals surface area contributed by atoms with E-state index in [1.807, 2.05) is 0 Å². The normalized spacial score (nSPS) is 18.8. The van der Waals surface area contributed by atoms with Crippen LogP contribution in [-0.4, -0.2) is 24.7 Å². The van der Waals surface area contributed by atoms with E-state index < -0.39 is 29.0 Å². The van der Waals surface area contributed by atoms with Crippen LogP contribution in [0.5, 0.6) is 0 Å². The molecule has 0 bridgehead atoms. The van der Waals surface area contributed by atoms with Crippen molar-refractivity contribution in [2.24, 2.45) is 5.41 Å². The van der Waals surface area contributed by atoms with E-state index in [0.29, 0.717) is 12.2 Å². The van der Waals surface area contributed by atoms with Crippen molar-refractivity contribution < 1.29 is 23.1 Å². The lowest BCUT2D eigenvalue weighted by atomic mass is 9.79. The zero-order valence-corrected chi connectivity index (χ0v) is 12.2. The van der Waals surface area contributed by atoms with Crippen LogP contribution >= 0.6 is 0 Å². The van der Waals surface area contributed by atoms with E-state index >= 15 is 0 Å². The standard InChI is InChI=1S/C15H18F3NO2/c1-14(2,13(20)21)7-9-8-19(3)11-6-4-5-10(12(9)11)15(16,17)18/h4-6,9H,7-8H2,1-3H3,(H,20,21). The summed E-state index contributed by atoms with van der Waals surface area (Å²) in [6.07, 6.45) is -4.26. The van der Waals surface area contributed by atoms with Gasteiger partial charge in [-0.3, -0.25) is 4.79 Å². The number of rotatable bonds is 3. The number of hydrogen-bond acceptors (Lipinski definition) is 2. The summed E-state index contributed by atoms with van der Waals surface area (Å²) in [6.45, 7) is 3.49. The molecule has 1 aromatic carbocycles. The molecule has 0 spiro atoms. The second kappa shape index (κ2) is 4.93. The number of carbonyl (C=O) groups is 1. The number of alkyl halides is 3. The highest BCUT2D eigenvalue weighted by atomic mass is 19.4. The molecular formula is C15H18F3NO2. The Balaban J connectivity index is 2.47. The number of carboxylic acid groups (broad SMARTS) is 1. The molecular weight excluding hydrogens is 283 g/mol. The Morgan fingerprint density at radius 1 is 1.38 bits per heavy atom. The van der Waals surface area contributed by atoms with Crippen LogP contribution in [0.3, 0.4) is 0 Å². The van der Waals surface area contributed by atoms with Crippen molar-refractivity contribution >= 4 is 11.7 Å². The van der Waals surface area contributed by atoms with E-state index in [1.54, 1.807) is 31.9 Å². The first-order chi connectivity index (χ1) is 9.54. The van der Waals surface area contributed by atoms with Crippen molar-refractivity contribution in [3.63, 3.8) is 0 Å². The Hall–Kier alpha value is -1.72. The Kier molecular flexibility index (Phi) is 3.68. The predicted molar refractivity (Wildman–Crippen MR) is 73.5 cm³/mol. The third-order valence-electron chi connectivity index (χ3n) is 4.04. The number of likely N-dealkylation sites (N-methyl/N-ethyl adjacent to an activating group) is 1. The van der Waals surface area contributed by atoms with E-state index in [1.165, 1.54) is 6.07 Å². The maximum atomic E-state index is 13.2. The largest absolute Gasteiger partial charge is 0.481 e. The molecule has 0 amide bonds. The smallest absolute Gasteiger partial charge is 0.416 e. The van der Waals surface area contributed by atoms with Crippen LogP contribution < -0.4 is 4.90 Å². The number of fused-ring (bicyclic) bond motifs is 1. The summed E-state index contributed by atoms with van der Waals surface area (Å²) < 4.78 is 39.6. The summed E-state index contributed by atoms with van der Waals surface area (Å²) in [4.78, 5) is 13.0. The first-order valence-corrected chi connectivity index (χ1v) is 6.68. The van der Waals surface area contributed by atoms with Gasteiger partial charge in [-0.25, -0.2) is 0 Å². The molecule has 1 atom stereocenters. The van der Waals surface area contributed by atoms with Gasteiger partial charge in [0.15, 0.2) is 0 Å². The van der Waals surface area contributed by atoms with Gasteiger partial charge in [0, 0.05) is 25.2 Å². The summed E-state index contributed by atoms with van der Waals surface area (Å²) >= 11 is 0. The van der Waals surface area contributed by atoms with Gasteiger partial charge < -0.3 is 10.0 Å². The first kappa shape index (κ1) is 15.7. The lowest BCUT2D eigenvalue weighted by molar-refractivity contribution is -0.147. The number of hydrogen-bond donors (Lipinski definition) is 1. The van der Waals surface area contributed by atoms with Gasteiger partial charge in [-0.05, 0) is 38.0 Å². The Morgan fingerprint density at radius 2 is 2.00 bits per heavy atom. The van der Waals surface area contributed by atoms with E-state index in [4.69, 9.17) is 0 Å². The molecule has 0 fully saturated rings. The van der Waals surface area contributed by atoms with Crippen LogP contribution in [0.15, 0.2) is 18.2 Å². The molecule has 0 aliphatic carbocycles. The van der Waals surface area contributed by atoms with E-state index in [9.17, 15) is 23.1 Å². The van der Waals surface area contributed by atoms with Gasteiger partial charge in [0.1, 0.15) is 0 Å². The van der Waals surface area contributed by atoms with Crippen molar-refractivity contribution in [3.05, 3.63) is 29.3 Å². The molecule has 2 rings (SSSR count). The van der Waals surface area contributed by atoms with Crippen LogP contribution in [0.25, 0.3) is 0 Å². The fourth-order valence-electron chi connectivity index (χ4n) is 2.95. The molecule has 21 heavy (non-hydrogen) atoms.